The third kappa shape index (κ3) is 5.26. The summed E-state index contributed by atoms with van der Waals surface area (Å²) in [5, 5.41) is 18.2. The molecule has 13 heteroatoms. The molecule has 0 radical (unpaired) electrons. The predicted octanol–water partition coefficient (Wildman–Crippen LogP) is 4.90. The van der Waals surface area contributed by atoms with Gasteiger partial charge in [0, 0.05) is 29.9 Å². The molecule has 0 aliphatic heterocycles. The van der Waals surface area contributed by atoms with Crippen LogP contribution in [0.3, 0.4) is 0 Å². The molecular formula is C22H13F6N3O4. The van der Waals surface area contributed by atoms with Crippen molar-refractivity contribution in [1.29, 1.82) is 5.26 Å². The first-order chi connectivity index (χ1) is 16.3. The molecule has 35 heavy (non-hydrogen) atoms. The zero-order valence-electron chi connectivity index (χ0n) is 17.5. The van der Waals surface area contributed by atoms with Gasteiger partial charge in [-0.25, -0.2) is 14.6 Å². The Morgan fingerprint density at radius 3 is 2.23 bits per heavy atom. The van der Waals surface area contributed by atoms with Crippen molar-refractivity contribution >= 4 is 29.0 Å². The highest BCUT2D eigenvalue weighted by Crippen LogP contribution is 2.37. The average Bonchev–Trinajstić information content (AvgIpc) is 3.12. The lowest BCUT2D eigenvalue weighted by atomic mass is 10.0. The number of rotatable bonds is 5. The van der Waals surface area contributed by atoms with Crippen molar-refractivity contribution < 1.29 is 45.8 Å². The number of methoxy groups -OCH3 is 1. The van der Waals surface area contributed by atoms with Crippen molar-refractivity contribution in [2.75, 3.05) is 7.11 Å². The number of carbonyl (C=O) groups excluding carboxylic acids is 1. The molecule has 2 aromatic heterocycles. The third-order valence-corrected chi connectivity index (χ3v) is 4.84. The number of pyridine rings is 1. The number of hydrogen-bond donors (Lipinski definition) is 1. The first-order valence-corrected chi connectivity index (χ1v) is 9.46. The molecule has 182 valence electrons. The van der Waals surface area contributed by atoms with Crippen LogP contribution in [0.25, 0.3) is 17.1 Å². The van der Waals surface area contributed by atoms with E-state index in [-0.39, 0.29) is 33.8 Å². The van der Waals surface area contributed by atoms with E-state index in [1.165, 1.54) is 12.1 Å². The Balaban J connectivity index is 2.27. The Labute approximate surface area is 192 Å². The van der Waals surface area contributed by atoms with Crippen LogP contribution in [0.2, 0.25) is 0 Å². The highest BCUT2D eigenvalue weighted by molar-refractivity contribution is 6.08. The van der Waals surface area contributed by atoms with Crippen LogP contribution in [-0.4, -0.2) is 33.7 Å². The van der Waals surface area contributed by atoms with Crippen LogP contribution in [0.1, 0.15) is 32.6 Å². The Bertz CT molecular complexity index is 1360. The number of aromatic nitrogens is 2. The number of nitrogens with zero attached hydrogens (tertiary/aromatic N) is 3. The maximum Gasteiger partial charge on any atom is 0.416 e. The highest BCUT2D eigenvalue weighted by Gasteiger charge is 2.37. The number of aliphatic carboxylic acids is 1. The van der Waals surface area contributed by atoms with E-state index in [1.54, 1.807) is 0 Å². The largest absolute Gasteiger partial charge is 0.477 e. The number of carboxylic acids is 1. The molecule has 2 heterocycles. The normalized spacial score (nSPS) is 12.5. The number of ether oxygens (including phenoxy) is 1. The molecule has 3 aromatic rings. The average molecular weight is 497 g/mol. The molecule has 0 bridgehead atoms. The number of halogens is 6. The molecular weight excluding hydrogens is 484 g/mol. The third-order valence-electron chi connectivity index (χ3n) is 4.84. The van der Waals surface area contributed by atoms with Gasteiger partial charge in [-0.05, 0) is 35.9 Å². The summed E-state index contributed by atoms with van der Waals surface area (Å²) in [4.78, 5) is 27.6. The number of carbonyl (C=O) groups is 2. The van der Waals surface area contributed by atoms with E-state index in [9.17, 15) is 35.9 Å². The Hall–Kier alpha value is -4.34. The molecule has 1 N–H and O–H groups in total. The van der Waals surface area contributed by atoms with Gasteiger partial charge in [-0.15, -0.1) is 0 Å². The lowest BCUT2D eigenvalue weighted by molar-refractivity contribution is -0.143. The van der Waals surface area contributed by atoms with Gasteiger partial charge >= 0.3 is 24.3 Å². The van der Waals surface area contributed by atoms with Crippen molar-refractivity contribution in [3.63, 3.8) is 0 Å². The fourth-order valence-electron chi connectivity index (χ4n) is 3.36. The van der Waals surface area contributed by atoms with Crippen molar-refractivity contribution in [3.05, 3.63) is 70.0 Å². The summed E-state index contributed by atoms with van der Waals surface area (Å²) in [6.45, 7) is -0.552. The number of hydrogen-bond acceptors (Lipinski definition) is 5. The molecule has 7 nitrogen and oxygen atoms in total. The van der Waals surface area contributed by atoms with E-state index in [2.05, 4.69) is 9.72 Å². The van der Waals surface area contributed by atoms with E-state index < -0.39 is 47.5 Å². The molecule has 3 rings (SSSR count). The molecule has 0 amide bonds. The first-order valence-electron chi connectivity index (χ1n) is 9.46. The smallest absolute Gasteiger partial charge is 0.416 e. The van der Waals surface area contributed by atoms with E-state index in [0.29, 0.717) is 12.1 Å². The zero-order valence-corrected chi connectivity index (χ0v) is 17.5. The van der Waals surface area contributed by atoms with Crippen molar-refractivity contribution in [2.45, 2.75) is 18.9 Å². The van der Waals surface area contributed by atoms with Crippen molar-refractivity contribution in [1.82, 2.24) is 9.55 Å². The summed E-state index contributed by atoms with van der Waals surface area (Å²) >= 11 is 0. The molecule has 0 saturated heterocycles. The quantitative estimate of drug-likeness (QED) is 0.233. The maximum absolute atomic E-state index is 13.2. The molecule has 0 saturated carbocycles. The van der Waals surface area contributed by atoms with Gasteiger partial charge in [-0.2, -0.15) is 31.6 Å². The summed E-state index contributed by atoms with van der Waals surface area (Å²) < 4.78 is 85.3. The maximum atomic E-state index is 13.2. The second-order valence-electron chi connectivity index (χ2n) is 7.15. The Kier molecular flexibility index (Phi) is 6.60. The van der Waals surface area contributed by atoms with Gasteiger partial charge in [0.05, 0.1) is 23.8 Å². The fourth-order valence-corrected chi connectivity index (χ4v) is 3.36. The van der Waals surface area contributed by atoms with E-state index in [1.807, 2.05) is 0 Å². The monoisotopic (exact) mass is 497 g/mol. The van der Waals surface area contributed by atoms with Crippen LogP contribution in [-0.2, 0) is 28.4 Å². The highest BCUT2D eigenvalue weighted by atomic mass is 19.4. The molecule has 0 spiro atoms. The fraction of sp³-hybridized carbons (Fsp3) is 0.182. The molecule has 0 atom stereocenters. The van der Waals surface area contributed by atoms with Gasteiger partial charge in [0.15, 0.2) is 0 Å². The van der Waals surface area contributed by atoms with Gasteiger partial charge in [0.25, 0.3) is 0 Å². The minimum atomic E-state index is -5.05. The predicted molar refractivity (Wildman–Crippen MR) is 108 cm³/mol. The SMILES string of the molecule is COC(=O)c1ccnc2c1c(/C=C(\C#N)C(=O)O)cn2Cc1cc(C(F)(F)F)cc(C(F)(F)F)c1. The van der Waals surface area contributed by atoms with Crippen LogP contribution in [0.5, 0.6) is 0 Å². The van der Waals surface area contributed by atoms with Crippen LogP contribution < -0.4 is 0 Å². The number of nitriles is 1. The lowest BCUT2D eigenvalue weighted by Gasteiger charge is -2.15. The van der Waals surface area contributed by atoms with Gasteiger partial charge in [-0.3, -0.25) is 0 Å². The summed E-state index contributed by atoms with van der Waals surface area (Å²) in [6, 6.07) is 3.75. The summed E-state index contributed by atoms with van der Waals surface area (Å²) in [6.07, 6.45) is -6.88. The van der Waals surface area contributed by atoms with Crippen LogP contribution in [0, 0.1) is 11.3 Å². The van der Waals surface area contributed by atoms with Gasteiger partial charge in [0.1, 0.15) is 17.3 Å². The first kappa shape index (κ1) is 25.3. The topological polar surface area (TPSA) is 105 Å². The second-order valence-corrected chi connectivity index (χ2v) is 7.15. The minimum absolute atomic E-state index is 0.00336. The van der Waals surface area contributed by atoms with Crippen LogP contribution in [0.4, 0.5) is 26.3 Å². The van der Waals surface area contributed by atoms with Crippen molar-refractivity contribution in [3.8, 4) is 6.07 Å². The van der Waals surface area contributed by atoms with Gasteiger partial charge < -0.3 is 14.4 Å². The number of carboxylic acid groups (broad SMARTS) is 1. The van der Waals surface area contributed by atoms with Gasteiger partial charge in [0.2, 0.25) is 0 Å². The molecule has 0 aliphatic rings. The van der Waals surface area contributed by atoms with Crippen LogP contribution >= 0.6 is 0 Å². The lowest BCUT2D eigenvalue weighted by Crippen LogP contribution is -2.13. The Morgan fingerprint density at radius 2 is 1.74 bits per heavy atom. The number of benzene rings is 1. The number of esters is 1. The second kappa shape index (κ2) is 9.13. The molecule has 0 unspecified atom stereocenters. The van der Waals surface area contributed by atoms with E-state index in [0.717, 1.165) is 30.1 Å². The number of fused-ring (bicyclic) bond motifs is 1. The number of alkyl halides is 6. The molecule has 1 aromatic carbocycles. The summed E-state index contributed by atoms with van der Waals surface area (Å²) in [5.41, 5.74) is -4.35. The molecule has 0 aliphatic carbocycles. The van der Waals surface area contributed by atoms with E-state index in [4.69, 9.17) is 10.4 Å². The summed E-state index contributed by atoms with van der Waals surface area (Å²) in [7, 11) is 1.07. The van der Waals surface area contributed by atoms with E-state index >= 15 is 0 Å². The standard InChI is InChI=1S/C22H13F6N3O4/c1-35-20(34)16-2-3-30-18-17(16)13(6-12(8-29)19(32)33)10-31(18)9-11-4-14(21(23,24)25)7-15(5-11)22(26,27)28/h2-7,10H,9H2,1H3,(H,32,33)/b12-6+. The Morgan fingerprint density at radius 1 is 1.14 bits per heavy atom. The summed E-state index contributed by atoms with van der Waals surface area (Å²) in [5.74, 6) is -2.46. The zero-order chi connectivity index (χ0) is 26.1. The van der Waals surface area contributed by atoms with Crippen molar-refractivity contribution in [2.24, 2.45) is 0 Å². The van der Waals surface area contributed by atoms with Crippen LogP contribution in [0.15, 0.2) is 42.2 Å². The molecule has 0 fully saturated rings. The minimum Gasteiger partial charge on any atom is -0.477 e. The van der Waals surface area contributed by atoms with Gasteiger partial charge in [-0.1, -0.05) is 0 Å².